The Hall–Kier alpha value is -0.596. The minimum absolute atomic E-state index is 0. The van der Waals surface area contributed by atoms with E-state index in [9.17, 15) is 4.79 Å². The number of hydrogen-bond acceptors (Lipinski definition) is 2. The van der Waals surface area contributed by atoms with E-state index in [1.165, 1.54) is 0 Å². The molecule has 1 aromatic carbocycles. The summed E-state index contributed by atoms with van der Waals surface area (Å²) in [6.45, 7) is 3.48. The number of carbonyl (C=O) groups is 1. The number of fused-ring (bicyclic) bond motifs is 1. The SMILES string of the molecule is CC(=O)c1c[c-]c2cccnc2c1C.[Y]. The average Bonchev–Trinajstić information content (AvgIpc) is 2.18. The van der Waals surface area contributed by atoms with E-state index >= 15 is 0 Å². The number of hydrogen-bond donors (Lipinski definition) is 0. The Labute approximate surface area is 114 Å². The molecule has 3 heteroatoms. The van der Waals surface area contributed by atoms with Crippen LogP contribution in [0.2, 0.25) is 0 Å². The van der Waals surface area contributed by atoms with Gasteiger partial charge in [0.1, 0.15) is 5.78 Å². The van der Waals surface area contributed by atoms with E-state index in [-0.39, 0.29) is 38.5 Å². The summed E-state index contributed by atoms with van der Waals surface area (Å²) in [6, 6.07) is 8.61. The molecular weight excluding hydrogens is 263 g/mol. The van der Waals surface area contributed by atoms with E-state index in [1.54, 1.807) is 19.2 Å². The van der Waals surface area contributed by atoms with Crippen LogP contribution in [0.25, 0.3) is 10.9 Å². The molecular formula is C12H10NOY-. The smallest absolute Gasteiger partial charge is 0.119 e. The maximum absolute atomic E-state index is 11.3. The van der Waals surface area contributed by atoms with Crippen LogP contribution in [0.1, 0.15) is 22.8 Å². The molecule has 0 aliphatic carbocycles. The van der Waals surface area contributed by atoms with Crippen LogP contribution in [-0.4, -0.2) is 10.8 Å². The van der Waals surface area contributed by atoms with Crippen LogP contribution < -0.4 is 0 Å². The van der Waals surface area contributed by atoms with Gasteiger partial charge in [0.2, 0.25) is 0 Å². The zero-order valence-electron chi connectivity index (χ0n) is 8.74. The van der Waals surface area contributed by atoms with Crippen LogP contribution in [0.5, 0.6) is 0 Å². The molecule has 0 atom stereocenters. The molecule has 15 heavy (non-hydrogen) atoms. The molecule has 0 aliphatic heterocycles. The molecule has 1 radical (unpaired) electrons. The third kappa shape index (κ3) is 2.32. The molecule has 2 rings (SSSR count). The van der Waals surface area contributed by atoms with Gasteiger partial charge in [-0.05, 0) is 12.4 Å². The van der Waals surface area contributed by atoms with Crippen molar-refractivity contribution in [2.45, 2.75) is 13.8 Å². The first-order valence-corrected chi connectivity index (χ1v) is 4.47. The molecule has 1 aromatic heterocycles. The Morgan fingerprint density at radius 2 is 2.20 bits per heavy atom. The summed E-state index contributed by atoms with van der Waals surface area (Å²) >= 11 is 0. The van der Waals surface area contributed by atoms with E-state index in [0.717, 1.165) is 16.5 Å². The second-order valence-corrected chi connectivity index (χ2v) is 3.28. The molecule has 0 spiro atoms. The molecule has 0 N–H and O–H groups in total. The van der Waals surface area contributed by atoms with Crippen LogP contribution in [0.3, 0.4) is 0 Å². The van der Waals surface area contributed by atoms with Crippen molar-refractivity contribution in [1.82, 2.24) is 4.98 Å². The topological polar surface area (TPSA) is 30.0 Å². The molecule has 0 unspecified atom stereocenters. The fraction of sp³-hybridized carbons (Fsp3) is 0.167. The van der Waals surface area contributed by atoms with Crippen molar-refractivity contribution >= 4 is 16.7 Å². The molecule has 73 valence electrons. The van der Waals surface area contributed by atoms with Crippen LogP contribution in [0.4, 0.5) is 0 Å². The first-order chi connectivity index (χ1) is 6.70. The molecule has 0 bridgehead atoms. The quantitative estimate of drug-likeness (QED) is 0.590. The molecule has 2 aromatic rings. The molecule has 0 aliphatic rings. The van der Waals surface area contributed by atoms with E-state index in [0.29, 0.717) is 5.56 Å². The molecule has 2 nitrogen and oxygen atoms in total. The minimum Gasteiger partial charge on any atom is -0.306 e. The summed E-state index contributed by atoms with van der Waals surface area (Å²) in [5, 5.41) is 0.954. The molecule has 0 amide bonds. The summed E-state index contributed by atoms with van der Waals surface area (Å²) in [4.78, 5) is 15.5. The van der Waals surface area contributed by atoms with Gasteiger partial charge in [-0.2, -0.15) is 0 Å². The van der Waals surface area contributed by atoms with Crippen molar-refractivity contribution in [3.63, 3.8) is 0 Å². The summed E-state index contributed by atoms with van der Waals surface area (Å²) in [7, 11) is 0. The number of benzene rings is 1. The van der Waals surface area contributed by atoms with Gasteiger partial charge in [0.15, 0.2) is 0 Å². The zero-order valence-corrected chi connectivity index (χ0v) is 11.6. The second kappa shape index (κ2) is 4.95. The van der Waals surface area contributed by atoms with E-state index in [1.807, 2.05) is 19.1 Å². The molecule has 0 saturated heterocycles. The summed E-state index contributed by atoms with van der Waals surface area (Å²) in [6.07, 6.45) is 1.73. The van der Waals surface area contributed by atoms with Crippen molar-refractivity contribution in [3.8, 4) is 0 Å². The number of aromatic nitrogens is 1. The molecule has 0 fully saturated rings. The van der Waals surface area contributed by atoms with Gasteiger partial charge in [0.25, 0.3) is 0 Å². The Balaban J connectivity index is 0.00000112. The predicted octanol–water partition coefficient (Wildman–Crippen LogP) is 2.54. The van der Waals surface area contributed by atoms with Gasteiger partial charge in [-0.25, -0.2) is 0 Å². The van der Waals surface area contributed by atoms with E-state index < -0.39 is 0 Å². The van der Waals surface area contributed by atoms with Gasteiger partial charge >= 0.3 is 0 Å². The number of carbonyl (C=O) groups excluding carboxylic acids is 1. The van der Waals surface area contributed by atoms with Gasteiger partial charge < -0.3 is 9.78 Å². The predicted molar refractivity (Wildman–Crippen MR) is 55.3 cm³/mol. The van der Waals surface area contributed by atoms with Crippen molar-refractivity contribution in [2.75, 3.05) is 0 Å². The molecule has 1 heterocycles. The second-order valence-electron chi connectivity index (χ2n) is 3.28. The summed E-state index contributed by atoms with van der Waals surface area (Å²) in [5.74, 6) is 0.0614. The van der Waals surface area contributed by atoms with Crippen LogP contribution in [0.15, 0.2) is 24.4 Å². The van der Waals surface area contributed by atoms with Crippen molar-refractivity contribution in [1.29, 1.82) is 0 Å². The van der Waals surface area contributed by atoms with Gasteiger partial charge in [0.05, 0.1) is 0 Å². The normalized spacial score (nSPS) is 9.73. The minimum atomic E-state index is 0. The summed E-state index contributed by atoms with van der Waals surface area (Å²) in [5.41, 5.74) is 2.50. The first-order valence-electron chi connectivity index (χ1n) is 4.47. The van der Waals surface area contributed by atoms with Gasteiger partial charge in [-0.15, -0.1) is 23.6 Å². The maximum Gasteiger partial charge on any atom is 0.119 e. The third-order valence-electron chi connectivity index (χ3n) is 2.32. The Bertz CT molecular complexity index is 508. The first kappa shape index (κ1) is 12.5. The number of aryl methyl sites for hydroxylation is 1. The van der Waals surface area contributed by atoms with Crippen LogP contribution in [-0.2, 0) is 32.7 Å². The van der Waals surface area contributed by atoms with Gasteiger partial charge in [0, 0.05) is 38.9 Å². The number of rotatable bonds is 1. The van der Waals surface area contributed by atoms with E-state index in [2.05, 4.69) is 11.1 Å². The standard InChI is InChI=1S/C12H10NO.Y/c1-8-11(9(2)14)6-5-10-4-3-7-13-12(8)10;/h3-4,6-7H,1-2H3;/q-1;. The van der Waals surface area contributed by atoms with Gasteiger partial charge in [-0.3, -0.25) is 0 Å². The Morgan fingerprint density at radius 1 is 1.47 bits per heavy atom. The molecule has 0 saturated carbocycles. The Kier molecular flexibility index (Phi) is 4.12. The number of ketones is 1. The fourth-order valence-electron chi connectivity index (χ4n) is 1.57. The van der Waals surface area contributed by atoms with Crippen molar-refractivity contribution < 1.29 is 37.5 Å². The van der Waals surface area contributed by atoms with Crippen molar-refractivity contribution in [2.24, 2.45) is 0 Å². The summed E-state index contributed by atoms with van der Waals surface area (Å²) < 4.78 is 0. The Morgan fingerprint density at radius 3 is 2.87 bits per heavy atom. The maximum atomic E-state index is 11.3. The third-order valence-corrected chi connectivity index (χ3v) is 2.32. The fourth-order valence-corrected chi connectivity index (χ4v) is 1.57. The zero-order chi connectivity index (χ0) is 10.1. The number of nitrogens with zero attached hydrogens (tertiary/aromatic N) is 1. The van der Waals surface area contributed by atoms with Crippen molar-refractivity contribution in [3.05, 3.63) is 41.6 Å². The van der Waals surface area contributed by atoms with Crippen LogP contribution >= 0.6 is 0 Å². The van der Waals surface area contributed by atoms with Crippen LogP contribution in [0, 0.1) is 13.0 Å². The largest absolute Gasteiger partial charge is 0.306 e. The number of pyridine rings is 1. The number of Topliss-reactive ketones (excluding diaryl/α,β-unsaturated/α-hetero) is 1. The van der Waals surface area contributed by atoms with E-state index in [4.69, 9.17) is 0 Å². The monoisotopic (exact) mass is 273 g/mol. The van der Waals surface area contributed by atoms with Gasteiger partial charge in [-0.1, -0.05) is 24.1 Å². The average molecular weight is 273 g/mol.